The molecule has 0 bridgehead atoms. The second-order valence-corrected chi connectivity index (χ2v) is 12.5. The van der Waals surface area contributed by atoms with Crippen molar-refractivity contribution in [3.8, 4) is 11.5 Å². The summed E-state index contributed by atoms with van der Waals surface area (Å²) in [6.07, 6.45) is 6.38. The zero-order valence-electron chi connectivity index (χ0n) is 24.7. The Morgan fingerprint density at radius 3 is 2.32 bits per heavy atom. The summed E-state index contributed by atoms with van der Waals surface area (Å²) in [5.74, 6) is 0.361. The first-order valence-corrected chi connectivity index (χ1v) is 15.9. The Morgan fingerprint density at radius 2 is 1.68 bits per heavy atom. The molecule has 2 heterocycles. The van der Waals surface area contributed by atoms with Crippen molar-refractivity contribution >= 4 is 34.9 Å². The van der Waals surface area contributed by atoms with E-state index < -0.39 is 11.9 Å². The fourth-order valence-electron chi connectivity index (χ4n) is 6.11. The molecule has 44 heavy (non-hydrogen) atoms. The minimum Gasteiger partial charge on any atom is -0.457 e. The highest BCUT2D eigenvalue weighted by Gasteiger charge is 2.42. The largest absolute Gasteiger partial charge is 0.457 e. The summed E-state index contributed by atoms with van der Waals surface area (Å²) in [6, 6.07) is 12.9. The van der Waals surface area contributed by atoms with Crippen molar-refractivity contribution < 1.29 is 23.5 Å². The lowest BCUT2D eigenvalue weighted by atomic mass is 9.79. The minimum absolute atomic E-state index is 0.0229. The number of nitrogen functional groups attached to an aromatic ring is 1. The van der Waals surface area contributed by atoms with Crippen molar-refractivity contribution in [2.75, 3.05) is 13.1 Å². The second-order valence-electron chi connectivity index (χ2n) is 11.6. The number of thiophene rings is 1. The maximum absolute atomic E-state index is 13.6. The summed E-state index contributed by atoms with van der Waals surface area (Å²) in [5, 5.41) is 15.2. The van der Waals surface area contributed by atoms with Crippen LogP contribution >= 0.6 is 11.3 Å². The van der Waals surface area contributed by atoms with Gasteiger partial charge in [0.25, 0.3) is 5.91 Å². The molecule has 1 aromatic heterocycles. The lowest BCUT2D eigenvalue weighted by Crippen LogP contribution is -2.49. The monoisotopic (exact) mass is 619 g/mol. The number of nitrogens with two attached hydrogens (primary N) is 1. The molecule has 2 aromatic carbocycles. The standard InChI is InChI=1S/C33H38FN5O4S/c1-20(29-16-24(19-44-29)31(35)36)38-33(42)28-15-23(21-5-3-2-4-6-21)18-39(28)30(40)17-37-32(41)22-7-11-26(12-8-22)43-27-13-9-25(34)10-14-27/h7-14,16,19-21,23,28H,2-6,15,17-18H2,1H3,(H3,35,36)(H,37,41)(H,38,42)/t20-,23+,28+/m1/s1. The number of halogens is 1. The smallest absolute Gasteiger partial charge is 0.251 e. The Kier molecular flexibility index (Phi) is 9.94. The molecule has 1 saturated carbocycles. The van der Waals surface area contributed by atoms with Gasteiger partial charge in [0, 0.05) is 27.9 Å². The molecule has 3 aromatic rings. The van der Waals surface area contributed by atoms with Gasteiger partial charge in [-0.1, -0.05) is 32.1 Å². The number of hydrogen-bond donors (Lipinski definition) is 4. The van der Waals surface area contributed by atoms with Gasteiger partial charge in [-0.2, -0.15) is 0 Å². The molecular weight excluding hydrogens is 581 g/mol. The molecule has 1 saturated heterocycles. The minimum atomic E-state index is -0.621. The zero-order valence-corrected chi connectivity index (χ0v) is 25.5. The highest BCUT2D eigenvalue weighted by Crippen LogP contribution is 2.38. The number of ether oxygens (including phenoxy) is 1. The number of rotatable bonds is 10. The van der Waals surface area contributed by atoms with E-state index in [2.05, 4.69) is 10.6 Å². The molecule has 1 aliphatic carbocycles. The van der Waals surface area contributed by atoms with Gasteiger partial charge >= 0.3 is 0 Å². The van der Waals surface area contributed by atoms with Crippen molar-refractivity contribution in [1.82, 2.24) is 15.5 Å². The molecule has 232 valence electrons. The van der Waals surface area contributed by atoms with Gasteiger partial charge in [-0.3, -0.25) is 19.8 Å². The molecule has 9 nitrogen and oxygen atoms in total. The number of benzene rings is 2. The molecule has 3 amide bonds. The topological polar surface area (TPSA) is 138 Å². The second kappa shape index (κ2) is 14.0. The number of amides is 3. The lowest BCUT2D eigenvalue weighted by molar-refractivity contribution is -0.138. The average Bonchev–Trinajstić information content (AvgIpc) is 3.71. The molecule has 11 heteroatoms. The summed E-state index contributed by atoms with van der Waals surface area (Å²) in [4.78, 5) is 42.5. The van der Waals surface area contributed by atoms with Crippen LogP contribution in [-0.4, -0.2) is 47.6 Å². The van der Waals surface area contributed by atoms with E-state index in [-0.39, 0.29) is 42.0 Å². The normalized spacial score (nSPS) is 19.3. The Hall–Kier alpha value is -4.25. The van der Waals surface area contributed by atoms with Crippen molar-refractivity contribution in [3.05, 3.63) is 81.8 Å². The van der Waals surface area contributed by atoms with Crippen LogP contribution in [0, 0.1) is 23.1 Å². The molecular formula is C33H38FN5O4S. The summed E-state index contributed by atoms with van der Waals surface area (Å²) in [6.45, 7) is 2.15. The van der Waals surface area contributed by atoms with Gasteiger partial charge in [0.2, 0.25) is 11.8 Å². The maximum atomic E-state index is 13.6. The van der Waals surface area contributed by atoms with E-state index in [1.165, 1.54) is 54.9 Å². The molecule has 5 rings (SSSR count). The Morgan fingerprint density at radius 1 is 1.02 bits per heavy atom. The van der Waals surface area contributed by atoms with Crippen LogP contribution in [0.5, 0.6) is 11.5 Å². The highest BCUT2D eigenvalue weighted by molar-refractivity contribution is 7.10. The number of carbonyl (C=O) groups excluding carboxylic acids is 3. The first-order chi connectivity index (χ1) is 21.2. The lowest BCUT2D eigenvalue weighted by Gasteiger charge is -2.27. The Balaban J connectivity index is 1.21. The van der Waals surface area contributed by atoms with Crippen molar-refractivity contribution in [1.29, 1.82) is 5.41 Å². The van der Waals surface area contributed by atoms with Crippen molar-refractivity contribution in [2.45, 2.75) is 57.5 Å². The summed E-state index contributed by atoms with van der Waals surface area (Å²) in [7, 11) is 0. The summed E-state index contributed by atoms with van der Waals surface area (Å²) in [5.41, 5.74) is 6.58. The fraction of sp³-hybridized carbons (Fsp3) is 0.394. The quantitative estimate of drug-likeness (QED) is 0.179. The highest BCUT2D eigenvalue weighted by atomic mass is 32.1. The van der Waals surface area contributed by atoms with E-state index >= 15 is 0 Å². The first-order valence-electron chi connectivity index (χ1n) is 15.0. The van der Waals surface area contributed by atoms with Crippen molar-refractivity contribution in [3.63, 3.8) is 0 Å². The molecule has 2 fully saturated rings. The molecule has 3 atom stereocenters. The van der Waals surface area contributed by atoms with E-state index in [1.807, 2.05) is 6.92 Å². The third kappa shape index (κ3) is 7.63. The van der Waals surface area contributed by atoms with Crippen LogP contribution in [0.4, 0.5) is 4.39 Å². The average molecular weight is 620 g/mol. The van der Waals surface area contributed by atoms with Crippen molar-refractivity contribution in [2.24, 2.45) is 17.6 Å². The molecule has 0 unspecified atom stereocenters. The van der Waals surface area contributed by atoms with E-state index in [1.54, 1.807) is 40.6 Å². The Labute approximate surface area is 260 Å². The van der Waals surface area contributed by atoms with Crippen LogP contribution in [0.1, 0.15) is 72.3 Å². The third-order valence-electron chi connectivity index (χ3n) is 8.56. The number of nitrogens with zero attached hydrogens (tertiary/aromatic N) is 1. The molecule has 2 aliphatic rings. The zero-order chi connectivity index (χ0) is 31.2. The van der Waals surface area contributed by atoms with Gasteiger partial charge in [-0.05, 0) is 79.8 Å². The SMILES string of the molecule is C[C@@H](NC(=O)[C@@H]1C[C@H](C2CCCCC2)CN1C(=O)CNC(=O)c1ccc(Oc2ccc(F)cc2)cc1)c1cc(C(=N)N)cs1. The molecule has 0 radical (unpaired) electrons. The van der Waals surface area contributed by atoms with Gasteiger partial charge in [0.15, 0.2) is 0 Å². The number of nitrogens with one attached hydrogen (secondary N) is 3. The van der Waals surface area contributed by atoms with Crippen LogP contribution in [-0.2, 0) is 9.59 Å². The van der Waals surface area contributed by atoms with Crippen LogP contribution < -0.4 is 21.1 Å². The predicted octanol–water partition coefficient (Wildman–Crippen LogP) is 5.37. The maximum Gasteiger partial charge on any atom is 0.251 e. The van der Waals surface area contributed by atoms with Gasteiger partial charge in [-0.15, -0.1) is 11.3 Å². The van der Waals surface area contributed by atoms with E-state index in [9.17, 15) is 18.8 Å². The van der Waals surface area contributed by atoms with E-state index in [0.717, 1.165) is 17.7 Å². The molecule has 5 N–H and O–H groups in total. The first kappa shape index (κ1) is 31.2. The van der Waals surface area contributed by atoms with Crippen LogP contribution in [0.3, 0.4) is 0 Å². The Bertz CT molecular complexity index is 1490. The predicted molar refractivity (Wildman–Crippen MR) is 167 cm³/mol. The number of likely N-dealkylation sites (tertiary alicyclic amines) is 1. The number of carbonyl (C=O) groups is 3. The third-order valence-corrected chi connectivity index (χ3v) is 9.67. The number of amidine groups is 1. The van der Waals surface area contributed by atoms with E-state index in [4.69, 9.17) is 15.9 Å². The van der Waals surface area contributed by atoms with Gasteiger partial charge in [0.1, 0.15) is 29.2 Å². The van der Waals surface area contributed by atoms with Gasteiger partial charge in [-0.25, -0.2) is 4.39 Å². The van der Waals surface area contributed by atoms with Crippen LogP contribution in [0.25, 0.3) is 0 Å². The summed E-state index contributed by atoms with van der Waals surface area (Å²) < 4.78 is 18.8. The molecule has 0 spiro atoms. The fourth-order valence-corrected chi connectivity index (χ4v) is 7.03. The van der Waals surface area contributed by atoms with Gasteiger partial charge < -0.3 is 26.0 Å². The molecule has 1 aliphatic heterocycles. The van der Waals surface area contributed by atoms with Gasteiger partial charge in [0.05, 0.1) is 12.6 Å². The number of hydrogen-bond acceptors (Lipinski definition) is 6. The van der Waals surface area contributed by atoms with E-state index in [0.29, 0.717) is 41.5 Å². The van der Waals surface area contributed by atoms with Crippen LogP contribution in [0.15, 0.2) is 60.0 Å². The van der Waals surface area contributed by atoms with Crippen LogP contribution in [0.2, 0.25) is 0 Å². The summed E-state index contributed by atoms with van der Waals surface area (Å²) >= 11 is 1.43.